The molecule has 1 unspecified atom stereocenters. The van der Waals surface area contributed by atoms with Gasteiger partial charge in [-0.2, -0.15) is 10.4 Å². The number of aromatic amines is 1. The molecule has 1 aliphatic heterocycles. The first-order chi connectivity index (χ1) is 12.0. The summed E-state index contributed by atoms with van der Waals surface area (Å²) in [5, 5.41) is 18.3. The zero-order valence-electron chi connectivity index (χ0n) is 13.8. The summed E-state index contributed by atoms with van der Waals surface area (Å²) in [5.74, 6) is 0. The van der Waals surface area contributed by atoms with Crippen LogP contribution < -0.4 is 15.8 Å². The number of hydrogen-bond acceptors (Lipinski definition) is 6. The first-order valence-electron chi connectivity index (χ1n) is 8.41. The average molecular weight is 366 g/mol. The standard InChI is InChI=1S/C16H20ClN5O3/c17-13-12(8-19-21-14(13)23)22-7-6-16(9-18,10-22)20-15(24)25-11-4-2-1-3-5-11/h8,11H,1-7,10H2,(H,20,24)(H,21,23). The van der Waals surface area contributed by atoms with Gasteiger partial charge in [0.15, 0.2) is 0 Å². The average Bonchev–Trinajstić information content (AvgIpc) is 3.02. The fourth-order valence-electron chi connectivity index (χ4n) is 3.39. The second-order valence-electron chi connectivity index (χ2n) is 6.55. The second-order valence-corrected chi connectivity index (χ2v) is 6.93. The number of amides is 1. The molecular weight excluding hydrogens is 346 g/mol. The Balaban J connectivity index is 1.66. The van der Waals surface area contributed by atoms with Crippen molar-refractivity contribution in [3.63, 3.8) is 0 Å². The van der Waals surface area contributed by atoms with Gasteiger partial charge in [-0.05, 0) is 25.7 Å². The quantitative estimate of drug-likeness (QED) is 0.846. The number of rotatable bonds is 3. The highest BCUT2D eigenvalue weighted by Crippen LogP contribution is 2.29. The zero-order chi connectivity index (χ0) is 17.9. The molecule has 0 bridgehead atoms. The van der Waals surface area contributed by atoms with Crippen molar-refractivity contribution in [3.05, 3.63) is 21.6 Å². The number of alkyl carbamates (subject to hydrolysis) is 1. The molecule has 1 aromatic heterocycles. The fraction of sp³-hybridized carbons (Fsp3) is 0.625. The molecule has 1 saturated heterocycles. The lowest BCUT2D eigenvalue weighted by Crippen LogP contribution is -2.50. The molecule has 1 saturated carbocycles. The third-order valence-electron chi connectivity index (χ3n) is 4.77. The van der Waals surface area contributed by atoms with E-state index in [-0.39, 0.29) is 17.7 Å². The number of hydrogen-bond donors (Lipinski definition) is 2. The van der Waals surface area contributed by atoms with E-state index in [0.29, 0.717) is 18.7 Å². The molecule has 0 spiro atoms. The summed E-state index contributed by atoms with van der Waals surface area (Å²) in [4.78, 5) is 25.6. The Morgan fingerprint density at radius 2 is 2.24 bits per heavy atom. The maximum absolute atomic E-state index is 12.2. The van der Waals surface area contributed by atoms with Crippen molar-refractivity contribution < 1.29 is 9.53 Å². The number of halogens is 1. The van der Waals surface area contributed by atoms with Crippen LogP contribution in [-0.4, -0.2) is 41.0 Å². The van der Waals surface area contributed by atoms with Gasteiger partial charge >= 0.3 is 6.09 Å². The highest BCUT2D eigenvalue weighted by Gasteiger charge is 2.41. The van der Waals surface area contributed by atoms with Gasteiger partial charge in [0.25, 0.3) is 5.56 Å². The molecule has 1 aliphatic carbocycles. The maximum atomic E-state index is 12.2. The van der Waals surface area contributed by atoms with Crippen LogP contribution in [0, 0.1) is 11.3 Å². The van der Waals surface area contributed by atoms with Gasteiger partial charge in [-0.1, -0.05) is 18.0 Å². The van der Waals surface area contributed by atoms with E-state index in [2.05, 4.69) is 21.6 Å². The number of aromatic nitrogens is 2. The summed E-state index contributed by atoms with van der Waals surface area (Å²) >= 11 is 6.02. The molecule has 134 valence electrons. The number of nitriles is 1. The van der Waals surface area contributed by atoms with Crippen molar-refractivity contribution >= 4 is 23.4 Å². The van der Waals surface area contributed by atoms with Gasteiger partial charge < -0.3 is 15.0 Å². The van der Waals surface area contributed by atoms with E-state index >= 15 is 0 Å². The van der Waals surface area contributed by atoms with Crippen molar-refractivity contribution in [3.8, 4) is 6.07 Å². The van der Waals surface area contributed by atoms with Crippen molar-refractivity contribution in [2.24, 2.45) is 0 Å². The number of H-pyrrole nitrogens is 1. The van der Waals surface area contributed by atoms with Gasteiger partial charge in [0.05, 0.1) is 24.5 Å². The van der Waals surface area contributed by atoms with Crippen LogP contribution in [0.3, 0.4) is 0 Å². The van der Waals surface area contributed by atoms with Crippen LogP contribution in [0.4, 0.5) is 10.5 Å². The second kappa shape index (κ2) is 7.31. The lowest BCUT2D eigenvalue weighted by molar-refractivity contribution is 0.0710. The third-order valence-corrected chi connectivity index (χ3v) is 5.13. The highest BCUT2D eigenvalue weighted by molar-refractivity contribution is 6.33. The van der Waals surface area contributed by atoms with E-state index in [4.69, 9.17) is 16.3 Å². The molecule has 0 aromatic carbocycles. The normalized spacial score (nSPS) is 23.9. The topological polar surface area (TPSA) is 111 Å². The van der Waals surface area contributed by atoms with Gasteiger partial charge in [-0.15, -0.1) is 0 Å². The summed E-state index contributed by atoms with van der Waals surface area (Å²) in [6.07, 6.45) is 6.24. The van der Waals surface area contributed by atoms with Gasteiger partial charge in [0.2, 0.25) is 0 Å². The lowest BCUT2D eigenvalue weighted by Gasteiger charge is -2.27. The van der Waals surface area contributed by atoms with E-state index in [1.165, 1.54) is 12.6 Å². The summed E-state index contributed by atoms with van der Waals surface area (Å²) in [6.45, 7) is 0.691. The summed E-state index contributed by atoms with van der Waals surface area (Å²) < 4.78 is 5.45. The SMILES string of the molecule is N#CC1(NC(=O)OC2CCCCC2)CCN(c2cn[nH]c(=O)c2Cl)C1. The van der Waals surface area contributed by atoms with Gasteiger partial charge in [-0.25, -0.2) is 9.89 Å². The molecule has 1 aromatic rings. The fourth-order valence-corrected chi connectivity index (χ4v) is 3.60. The van der Waals surface area contributed by atoms with Crippen LogP contribution >= 0.6 is 11.6 Å². The molecule has 2 aliphatic rings. The Hall–Kier alpha value is -2.27. The van der Waals surface area contributed by atoms with Crippen molar-refractivity contribution in [2.75, 3.05) is 18.0 Å². The largest absolute Gasteiger partial charge is 0.446 e. The summed E-state index contributed by atoms with van der Waals surface area (Å²) in [6, 6.07) is 2.18. The highest BCUT2D eigenvalue weighted by atomic mass is 35.5. The molecule has 3 rings (SSSR count). The van der Waals surface area contributed by atoms with Crippen molar-refractivity contribution in [1.29, 1.82) is 5.26 Å². The number of nitrogens with zero attached hydrogens (tertiary/aromatic N) is 3. The van der Waals surface area contributed by atoms with Gasteiger partial charge in [0.1, 0.15) is 16.7 Å². The van der Waals surface area contributed by atoms with E-state index in [9.17, 15) is 14.9 Å². The molecular formula is C16H20ClN5O3. The van der Waals surface area contributed by atoms with Crippen LogP contribution in [0.2, 0.25) is 5.02 Å². The molecule has 25 heavy (non-hydrogen) atoms. The van der Waals surface area contributed by atoms with E-state index in [1.807, 2.05) is 0 Å². The summed E-state index contributed by atoms with van der Waals surface area (Å²) in [7, 11) is 0. The van der Waals surface area contributed by atoms with Crippen molar-refractivity contribution in [1.82, 2.24) is 15.5 Å². The summed E-state index contributed by atoms with van der Waals surface area (Å²) in [5.41, 5.74) is -1.11. The molecule has 2 N–H and O–H groups in total. The Morgan fingerprint density at radius 3 is 2.96 bits per heavy atom. The minimum absolute atomic E-state index is 0.0218. The van der Waals surface area contributed by atoms with Gasteiger partial charge in [-0.3, -0.25) is 4.79 Å². The first kappa shape index (κ1) is 17.5. The maximum Gasteiger partial charge on any atom is 0.408 e. The van der Waals surface area contributed by atoms with E-state index in [1.54, 1.807) is 4.90 Å². The number of nitrogens with one attached hydrogen (secondary N) is 2. The Labute approximate surface area is 150 Å². The van der Waals surface area contributed by atoms with Gasteiger partial charge in [0, 0.05) is 13.0 Å². The van der Waals surface area contributed by atoms with Crippen LogP contribution in [0.5, 0.6) is 0 Å². The van der Waals surface area contributed by atoms with E-state index < -0.39 is 17.2 Å². The zero-order valence-corrected chi connectivity index (χ0v) is 14.5. The molecule has 2 heterocycles. The molecule has 0 radical (unpaired) electrons. The minimum Gasteiger partial charge on any atom is -0.446 e. The van der Waals surface area contributed by atoms with Crippen LogP contribution in [0.1, 0.15) is 38.5 Å². The van der Waals surface area contributed by atoms with Crippen LogP contribution in [-0.2, 0) is 4.74 Å². The minimum atomic E-state index is -1.07. The monoisotopic (exact) mass is 365 g/mol. The first-order valence-corrected chi connectivity index (χ1v) is 8.79. The van der Waals surface area contributed by atoms with Crippen molar-refractivity contribution in [2.45, 2.75) is 50.2 Å². The third kappa shape index (κ3) is 3.87. The van der Waals surface area contributed by atoms with E-state index in [0.717, 1.165) is 25.7 Å². The molecule has 8 nitrogen and oxygen atoms in total. The predicted octanol–water partition coefficient (Wildman–Crippen LogP) is 1.95. The molecule has 1 atom stereocenters. The number of carbonyl (C=O) groups is 1. The Kier molecular flexibility index (Phi) is 5.13. The molecule has 9 heteroatoms. The molecule has 2 fully saturated rings. The number of ether oxygens (including phenoxy) is 1. The molecule has 1 amide bonds. The smallest absolute Gasteiger partial charge is 0.408 e. The van der Waals surface area contributed by atoms with Crippen LogP contribution in [0.15, 0.2) is 11.0 Å². The van der Waals surface area contributed by atoms with Crippen LogP contribution in [0.25, 0.3) is 0 Å². The predicted molar refractivity (Wildman–Crippen MR) is 91.5 cm³/mol. The Bertz CT molecular complexity index is 740. The number of carbonyl (C=O) groups excluding carboxylic acids is 1. The Morgan fingerprint density at radius 1 is 1.48 bits per heavy atom. The lowest BCUT2D eigenvalue weighted by atomic mass is 9.98. The number of anilines is 1.